The molecule has 0 amide bonds. The van der Waals surface area contributed by atoms with Crippen molar-refractivity contribution >= 4 is 28.1 Å². The Morgan fingerprint density at radius 2 is 2.00 bits per heavy atom. The number of hydrazine groups is 1. The number of hydrogen-bond acceptors (Lipinski definition) is 2. The first-order valence-corrected chi connectivity index (χ1v) is 9.43. The van der Waals surface area contributed by atoms with Gasteiger partial charge in [-0.25, -0.2) is 9.82 Å². The summed E-state index contributed by atoms with van der Waals surface area (Å²) in [5.74, 6) is -0.182. The van der Waals surface area contributed by atoms with Gasteiger partial charge in [-0.15, -0.1) is 0 Å². The first-order chi connectivity index (χ1) is 12.7. The molecule has 0 saturated carbocycles. The molecule has 1 aliphatic rings. The van der Waals surface area contributed by atoms with E-state index < -0.39 is 0 Å². The zero-order valence-electron chi connectivity index (χ0n) is 14.8. The Labute approximate surface area is 158 Å². The van der Waals surface area contributed by atoms with Crippen LogP contribution >= 0.6 is 12.2 Å². The maximum atomic E-state index is 13.6. The van der Waals surface area contributed by atoms with Gasteiger partial charge in [0.15, 0.2) is 0 Å². The van der Waals surface area contributed by atoms with Gasteiger partial charge in [-0.2, -0.15) is 0 Å². The fourth-order valence-electron chi connectivity index (χ4n) is 3.96. The quantitative estimate of drug-likeness (QED) is 0.537. The second kappa shape index (κ2) is 7.17. The molecule has 134 valence electrons. The molecule has 0 saturated heterocycles. The molecule has 1 aliphatic carbocycles. The van der Waals surface area contributed by atoms with Gasteiger partial charge in [0.05, 0.1) is 0 Å². The highest BCUT2D eigenvalue weighted by atomic mass is 32.1. The van der Waals surface area contributed by atoms with E-state index in [1.807, 2.05) is 13.1 Å². The molecule has 2 aromatic carbocycles. The van der Waals surface area contributed by atoms with Crippen LogP contribution in [0.2, 0.25) is 0 Å². The summed E-state index contributed by atoms with van der Waals surface area (Å²) in [4.78, 5) is 0.692. The van der Waals surface area contributed by atoms with E-state index in [1.54, 1.807) is 12.1 Å². The lowest BCUT2D eigenvalue weighted by Crippen LogP contribution is -2.33. The Morgan fingerprint density at radius 1 is 1.15 bits per heavy atom. The van der Waals surface area contributed by atoms with E-state index in [4.69, 9.17) is 12.2 Å². The van der Waals surface area contributed by atoms with Crippen LogP contribution in [-0.2, 0) is 19.4 Å². The normalized spacial score (nSPS) is 13.6. The number of rotatable bonds is 4. The van der Waals surface area contributed by atoms with Crippen LogP contribution in [0.4, 0.5) is 4.39 Å². The van der Waals surface area contributed by atoms with Gasteiger partial charge < -0.3 is 9.99 Å². The van der Waals surface area contributed by atoms with Crippen LogP contribution < -0.4 is 10.9 Å². The molecule has 0 bridgehead atoms. The molecule has 0 unspecified atom stereocenters. The van der Waals surface area contributed by atoms with Gasteiger partial charge >= 0.3 is 0 Å². The second-order valence-electron chi connectivity index (χ2n) is 6.78. The Morgan fingerprint density at radius 3 is 2.81 bits per heavy atom. The highest BCUT2D eigenvalue weighted by molar-refractivity contribution is 7.80. The highest BCUT2D eigenvalue weighted by Gasteiger charge is 2.20. The van der Waals surface area contributed by atoms with Crippen LogP contribution in [0.5, 0.6) is 0 Å². The third-order valence-electron chi connectivity index (χ3n) is 5.11. The molecule has 4 rings (SSSR count). The summed E-state index contributed by atoms with van der Waals surface area (Å²) in [6.07, 6.45) is 4.60. The minimum atomic E-state index is -0.182. The number of aryl methyl sites for hydroxylation is 1. The average Bonchev–Trinajstić information content (AvgIpc) is 2.96. The fourth-order valence-corrected chi connectivity index (χ4v) is 4.19. The number of nitrogens with one attached hydrogen (secondary N) is 2. The largest absolute Gasteiger partial charge is 0.340 e. The Balaban J connectivity index is 1.83. The van der Waals surface area contributed by atoms with Gasteiger partial charge in [0.2, 0.25) is 0 Å². The van der Waals surface area contributed by atoms with Crippen molar-refractivity contribution in [3.63, 3.8) is 0 Å². The fraction of sp³-hybridized carbons (Fsp3) is 0.286. The van der Waals surface area contributed by atoms with Gasteiger partial charge in [-0.05, 0) is 67.1 Å². The summed E-state index contributed by atoms with van der Waals surface area (Å²) in [7, 11) is 1.81. The molecule has 3 nitrogen and oxygen atoms in total. The molecule has 2 N–H and O–H groups in total. The van der Waals surface area contributed by atoms with E-state index in [0.29, 0.717) is 11.5 Å². The molecule has 0 radical (unpaired) electrons. The summed E-state index contributed by atoms with van der Waals surface area (Å²) < 4.78 is 16.0. The highest BCUT2D eigenvalue weighted by Crippen LogP contribution is 2.33. The van der Waals surface area contributed by atoms with Crippen molar-refractivity contribution in [3.05, 3.63) is 70.7 Å². The predicted octanol–water partition coefficient (Wildman–Crippen LogP) is 4.11. The number of fused-ring (bicyclic) bond motifs is 3. The zero-order valence-corrected chi connectivity index (χ0v) is 15.6. The SMILES string of the molecule is CNNC(=S)c1ccc2c(c1)c1c(n2Cc2cccc(F)c2)CCCC1. The maximum absolute atomic E-state index is 13.6. The summed E-state index contributed by atoms with van der Waals surface area (Å²) in [5.41, 5.74) is 11.9. The number of halogens is 1. The summed E-state index contributed by atoms with van der Waals surface area (Å²) in [6, 6.07) is 13.3. The van der Waals surface area contributed by atoms with Gasteiger partial charge in [0, 0.05) is 35.8 Å². The van der Waals surface area contributed by atoms with Crippen LogP contribution in [-0.4, -0.2) is 16.6 Å². The molecule has 0 aliphatic heterocycles. The first kappa shape index (κ1) is 17.2. The maximum Gasteiger partial charge on any atom is 0.123 e. The topological polar surface area (TPSA) is 29.0 Å². The molecule has 5 heteroatoms. The number of aromatic nitrogens is 1. The summed E-state index contributed by atoms with van der Waals surface area (Å²) in [6.45, 7) is 0.697. The molecular weight excluding hydrogens is 345 g/mol. The smallest absolute Gasteiger partial charge is 0.123 e. The summed E-state index contributed by atoms with van der Waals surface area (Å²) in [5, 5.41) is 1.27. The van der Waals surface area contributed by atoms with Gasteiger partial charge in [-0.3, -0.25) is 0 Å². The number of thiocarbonyl (C=S) groups is 1. The van der Waals surface area contributed by atoms with Crippen LogP contribution in [0.1, 0.15) is 35.2 Å². The third-order valence-corrected chi connectivity index (χ3v) is 5.45. The van der Waals surface area contributed by atoms with E-state index >= 15 is 0 Å². The van der Waals surface area contributed by atoms with Gasteiger partial charge in [0.25, 0.3) is 0 Å². The van der Waals surface area contributed by atoms with Crippen molar-refractivity contribution < 1.29 is 4.39 Å². The Hall–Kier alpha value is -2.24. The molecule has 1 heterocycles. The number of nitrogens with zero attached hydrogens (tertiary/aromatic N) is 1. The molecule has 26 heavy (non-hydrogen) atoms. The third kappa shape index (κ3) is 3.13. The van der Waals surface area contributed by atoms with Crippen molar-refractivity contribution in [2.24, 2.45) is 0 Å². The Kier molecular flexibility index (Phi) is 4.74. The van der Waals surface area contributed by atoms with Crippen molar-refractivity contribution in [3.8, 4) is 0 Å². The Bertz CT molecular complexity index is 977. The standard InChI is InChI=1S/C21H22FN3S/c1-23-24-21(26)15-9-10-20-18(12-15)17-7-2-3-8-19(17)25(20)13-14-5-4-6-16(22)11-14/h4-6,9-12,23H,2-3,7-8,13H2,1H3,(H,24,26). The number of benzene rings is 2. The lowest BCUT2D eigenvalue weighted by Gasteiger charge is -2.16. The van der Waals surface area contributed by atoms with Crippen LogP contribution in [0.3, 0.4) is 0 Å². The van der Waals surface area contributed by atoms with E-state index in [-0.39, 0.29) is 5.82 Å². The van der Waals surface area contributed by atoms with Crippen molar-refractivity contribution in [2.45, 2.75) is 32.2 Å². The first-order valence-electron chi connectivity index (χ1n) is 9.03. The van der Waals surface area contributed by atoms with E-state index in [2.05, 4.69) is 33.6 Å². The molecule has 0 fully saturated rings. The van der Waals surface area contributed by atoms with Crippen LogP contribution in [0, 0.1) is 5.82 Å². The van der Waals surface area contributed by atoms with Gasteiger partial charge in [0.1, 0.15) is 10.8 Å². The molecule has 3 aromatic rings. The van der Waals surface area contributed by atoms with Crippen LogP contribution in [0.25, 0.3) is 10.9 Å². The minimum Gasteiger partial charge on any atom is -0.340 e. The molecule has 0 spiro atoms. The predicted molar refractivity (Wildman–Crippen MR) is 108 cm³/mol. The van der Waals surface area contributed by atoms with Crippen LogP contribution in [0.15, 0.2) is 42.5 Å². The second-order valence-corrected chi connectivity index (χ2v) is 7.19. The van der Waals surface area contributed by atoms with Gasteiger partial charge in [-0.1, -0.05) is 24.4 Å². The minimum absolute atomic E-state index is 0.182. The average molecular weight is 367 g/mol. The zero-order chi connectivity index (χ0) is 18.1. The lowest BCUT2D eigenvalue weighted by molar-refractivity contribution is 0.618. The van der Waals surface area contributed by atoms with E-state index in [0.717, 1.165) is 24.0 Å². The molecule has 1 aromatic heterocycles. The number of hydrogen-bond donors (Lipinski definition) is 2. The summed E-state index contributed by atoms with van der Waals surface area (Å²) >= 11 is 5.44. The van der Waals surface area contributed by atoms with Crippen molar-refractivity contribution in [2.75, 3.05) is 7.05 Å². The van der Waals surface area contributed by atoms with E-state index in [1.165, 1.54) is 41.1 Å². The molecule has 0 atom stereocenters. The van der Waals surface area contributed by atoms with Crippen molar-refractivity contribution in [1.82, 2.24) is 15.4 Å². The van der Waals surface area contributed by atoms with E-state index in [9.17, 15) is 4.39 Å². The monoisotopic (exact) mass is 367 g/mol. The molecular formula is C21H22FN3S. The lowest BCUT2D eigenvalue weighted by atomic mass is 9.95. The van der Waals surface area contributed by atoms with Crippen molar-refractivity contribution in [1.29, 1.82) is 0 Å².